The fraction of sp³-hybridized carbons (Fsp3) is 0.118. The lowest BCUT2D eigenvalue weighted by atomic mass is 9.68. The first kappa shape index (κ1) is 33.0. The van der Waals surface area contributed by atoms with E-state index < -0.39 is 51.8 Å². The van der Waals surface area contributed by atoms with Crippen LogP contribution < -0.4 is 20.9 Å². The van der Waals surface area contributed by atoms with Gasteiger partial charge in [0.25, 0.3) is 0 Å². The van der Waals surface area contributed by atoms with Gasteiger partial charge in [-0.15, -0.1) is 0 Å². The number of anilines is 2. The molecule has 0 radical (unpaired) electrons. The van der Waals surface area contributed by atoms with Crippen molar-refractivity contribution in [1.29, 1.82) is 0 Å². The number of alkyl halides is 9. The number of benzene rings is 5. The molecule has 0 spiro atoms. The highest BCUT2D eigenvalue weighted by atomic mass is 19.4. The van der Waals surface area contributed by atoms with E-state index in [2.05, 4.69) is 0 Å². The van der Waals surface area contributed by atoms with Gasteiger partial charge < -0.3 is 20.9 Å². The lowest BCUT2D eigenvalue weighted by Gasteiger charge is -2.38. The summed E-state index contributed by atoms with van der Waals surface area (Å²) in [6.07, 6.45) is -16.3. The van der Waals surface area contributed by atoms with Crippen LogP contribution in [0.5, 0.6) is 23.0 Å². The van der Waals surface area contributed by atoms with Crippen LogP contribution >= 0.6 is 0 Å². The Morgan fingerprint density at radius 1 is 0.362 bits per heavy atom. The van der Waals surface area contributed by atoms with Gasteiger partial charge in [0, 0.05) is 11.4 Å². The molecule has 0 fully saturated rings. The molecular formula is C34H23F9N2O2. The minimum atomic E-state index is -5.47. The van der Waals surface area contributed by atoms with E-state index in [1.807, 2.05) is 0 Å². The van der Waals surface area contributed by atoms with Gasteiger partial charge in [-0.2, -0.15) is 39.5 Å². The molecule has 0 aliphatic heterocycles. The second-order valence-corrected chi connectivity index (χ2v) is 10.4. The Hall–Kier alpha value is -5.33. The minimum absolute atomic E-state index is 0.0434. The van der Waals surface area contributed by atoms with Crippen LogP contribution in [0.15, 0.2) is 115 Å². The van der Waals surface area contributed by atoms with Crippen LogP contribution in [-0.2, 0) is 17.8 Å². The van der Waals surface area contributed by atoms with E-state index in [1.165, 1.54) is 48.5 Å². The molecule has 4 nitrogen and oxygen atoms in total. The van der Waals surface area contributed by atoms with Gasteiger partial charge in [0.1, 0.15) is 28.4 Å². The Balaban J connectivity index is 1.71. The topological polar surface area (TPSA) is 70.5 Å². The monoisotopic (exact) mass is 662 g/mol. The second-order valence-electron chi connectivity index (χ2n) is 10.4. The second kappa shape index (κ2) is 12.1. The van der Waals surface area contributed by atoms with Crippen LogP contribution in [0.25, 0.3) is 0 Å². The molecule has 4 N–H and O–H groups in total. The molecule has 0 atom stereocenters. The maximum absolute atomic E-state index is 15.6. The van der Waals surface area contributed by atoms with Crippen LogP contribution in [0, 0.1) is 0 Å². The zero-order valence-electron chi connectivity index (χ0n) is 23.8. The highest BCUT2D eigenvalue weighted by Gasteiger charge is 2.59. The Labute approximate surface area is 262 Å². The van der Waals surface area contributed by atoms with Crippen LogP contribution in [0.3, 0.4) is 0 Å². The summed E-state index contributed by atoms with van der Waals surface area (Å²) in [5.41, 5.74) is 2.19. The van der Waals surface area contributed by atoms with Crippen LogP contribution in [-0.4, -0.2) is 6.18 Å². The summed E-state index contributed by atoms with van der Waals surface area (Å²) in [4.78, 5) is 0. The summed E-state index contributed by atoms with van der Waals surface area (Å²) < 4.78 is 142. The van der Waals surface area contributed by atoms with E-state index in [4.69, 9.17) is 20.9 Å². The van der Waals surface area contributed by atoms with Gasteiger partial charge in [-0.25, -0.2) is 0 Å². The van der Waals surface area contributed by atoms with Gasteiger partial charge in [0.15, 0.2) is 0 Å². The van der Waals surface area contributed by atoms with E-state index in [0.29, 0.717) is 11.4 Å². The molecule has 0 aromatic heterocycles. The molecule has 0 saturated heterocycles. The Morgan fingerprint density at radius 2 is 0.638 bits per heavy atom. The quantitative estimate of drug-likeness (QED) is 0.103. The highest BCUT2D eigenvalue weighted by Crippen LogP contribution is 2.53. The van der Waals surface area contributed by atoms with E-state index in [-0.39, 0.29) is 41.2 Å². The average Bonchev–Trinajstić information content (AvgIpc) is 3.00. The number of nitrogen functional groups attached to an aromatic ring is 2. The van der Waals surface area contributed by atoms with Gasteiger partial charge in [0.05, 0.1) is 11.1 Å². The van der Waals surface area contributed by atoms with Crippen molar-refractivity contribution in [1.82, 2.24) is 0 Å². The van der Waals surface area contributed by atoms with Gasteiger partial charge in [-0.1, -0.05) is 24.3 Å². The molecule has 0 unspecified atom stereocenters. The SMILES string of the molecule is Nc1ccc(Oc2ccc(C(c3ccc(Oc4ccc(N)cc4)cc3)(c3cc(C(F)(F)F)cc(C(F)(F)F)c3)C(F)(F)F)cc2)cc1. The molecule has 0 amide bonds. The molecule has 5 aromatic rings. The third-order valence-electron chi connectivity index (χ3n) is 7.25. The number of rotatable bonds is 7. The standard InChI is InChI=1S/C34H23F9N2O2/c35-32(36,37)23-17-22(18-24(19-23)33(38,39)40)31(34(41,42)43,20-1-9-27(10-2-20)46-29-13-5-25(44)6-14-29)21-3-11-28(12-4-21)47-30-15-7-26(45)8-16-30/h1-19H,44-45H2. The maximum atomic E-state index is 15.6. The number of hydrogen-bond acceptors (Lipinski definition) is 4. The van der Waals surface area contributed by atoms with Crippen LogP contribution in [0.2, 0.25) is 0 Å². The molecule has 0 aliphatic rings. The van der Waals surface area contributed by atoms with Gasteiger partial charge in [-0.3, -0.25) is 0 Å². The van der Waals surface area contributed by atoms with Crippen molar-refractivity contribution in [3.63, 3.8) is 0 Å². The van der Waals surface area contributed by atoms with Gasteiger partial charge in [0.2, 0.25) is 0 Å². The summed E-state index contributed by atoms with van der Waals surface area (Å²) >= 11 is 0. The first-order chi connectivity index (χ1) is 22.0. The molecule has 0 saturated carbocycles. The average molecular weight is 663 g/mol. The summed E-state index contributed by atoms with van der Waals surface area (Å²) in [5.74, 6) is 0.639. The number of ether oxygens (including phenoxy) is 2. The molecule has 47 heavy (non-hydrogen) atoms. The van der Waals surface area contributed by atoms with Gasteiger partial charge in [-0.05, 0) is 108 Å². The lowest BCUT2D eigenvalue weighted by molar-refractivity contribution is -0.167. The van der Waals surface area contributed by atoms with Crippen molar-refractivity contribution in [3.05, 3.63) is 143 Å². The zero-order chi connectivity index (χ0) is 34.2. The van der Waals surface area contributed by atoms with Crippen molar-refractivity contribution in [2.24, 2.45) is 0 Å². The Bertz CT molecular complexity index is 1710. The highest BCUT2D eigenvalue weighted by molar-refractivity contribution is 5.57. The summed E-state index contributed by atoms with van der Waals surface area (Å²) in [5, 5.41) is 0. The summed E-state index contributed by atoms with van der Waals surface area (Å²) in [7, 11) is 0. The number of halogens is 9. The van der Waals surface area contributed by atoms with Gasteiger partial charge >= 0.3 is 18.5 Å². The van der Waals surface area contributed by atoms with Crippen LogP contribution in [0.4, 0.5) is 50.9 Å². The minimum Gasteiger partial charge on any atom is -0.457 e. The van der Waals surface area contributed by atoms with Crippen LogP contribution in [0.1, 0.15) is 27.8 Å². The molecule has 5 aromatic carbocycles. The molecular weight excluding hydrogens is 639 g/mol. The fourth-order valence-corrected chi connectivity index (χ4v) is 5.05. The maximum Gasteiger partial charge on any atom is 0.416 e. The molecule has 13 heteroatoms. The normalized spacial score (nSPS) is 12.5. The number of nitrogens with two attached hydrogens (primary N) is 2. The lowest BCUT2D eigenvalue weighted by Crippen LogP contribution is -2.45. The van der Waals surface area contributed by atoms with Crippen molar-refractivity contribution in [3.8, 4) is 23.0 Å². The predicted octanol–water partition coefficient (Wildman–Crippen LogP) is 10.4. The fourth-order valence-electron chi connectivity index (χ4n) is 5.05. The molecule has 0 aliphatic carbocycles. The first-order valence-electron chi connectivity index (χ1n) is 13.6. The molecule has 0 bridgehead atoms. The third kappa shape index (κ3) is 6.93. The largest absolute Gasteiger partial charge is 0.457 e. The van der Waals surface area contributed by atoms with E-state index >= 15 is 13.2 Å². The predicted molar refractivity (Wildman–Crippen MR) is 157 cm³/mol. The molecule has 0 heterocycles. The Morgan fingerprint density at radius 3 is 0.915 bits per heavy atom. The summed E-state index contributed by atoms with van der Waals surface area (Å²) in [6.45, 7) is 0. The first-order valence-corrected chi connectivity index (χ1v) is 13.6. The van der Waals surface area contributed by atoms with Crippen molar-refractivity contribution >= 4 is 11.4 Å². The smallest absolute Gasteiger partial charge is 0.416 e. The third-order valence-corrected chi connectivity index (χ3v) is 7.25. The van der Waals surface area contributed by atoms with Crippen molar-refractivity contribution in [2.45, 2.75) is 23.9 Å². The molecule has 244 valence electrons. The van der Waals surface area contributed by atoms with E-state index in [1.54, 1.807) is 0 Å². The van der Waals surface area contributed by atoms with E-state index in [0.717, 1.165) is 48.5 Å². The summed E-state index contributed by atoms with van der Waals surface area (Å²) in [6, 6.07) is 20.3. The van der Waals surface area contributed by atoms with E-state index in [9.17, 15) is 26.3 Å². The zero-order valence-corrected chi connectivity index (χ0v) is 23.8. The van der Waals surface area contributed by atoms with Crippen molar-refractivity contribution < 1.29 is 49.0 Å². The Kier molecular flexibility index (Phi) is 8.52. The molecule has 5 rings (SSSR count). The number of hydrogen-bond donors (Lipinski definition) is 2. The van der Waals surface area contributed by atoms with Crippen molar-refractivity contribution in [2.75, 3.05) is 11.5 Å².